The van der Waals surface area contributed by atoms with E-state index < -0.39 is 0 Å². The molecule has 0 spiro atoms. The molecular formula is C18H21ClN2O2S. The zero-order valence-electron chi connectivity index (χ0n) is 13.8. The second-order valence-corrected chi connectivity index (χ2v) is 7.09. The van der Waals surface area contributed by atoms with Gasteiger partial charge in [-0.05, 0) is 37.7 Å². The standard InChI is InChI=1S/C18H21ClN2O2S/c1-21(2)15(17-8-5-11-24-17)12-20-18(23)10-9-16(22)13-6-3-4-7-14(13)19/h3-8,11,15H,9-10,12H2,1-2H3,(H,20,23). The summed E-state index contributed by atoms with van der Waals surface area (Å²) in [4.78, 5) is 27.5. The number of carbonyl (C=O) groups excluding carboxylic acids is 2. The number of carbonyl (C=O) groups is 2. The van der Waals surface area contributed by atoms with E-state index in [2.05, 4.69) is 16.3 Å². The first-order valence-electron chi connectivity index (χ1n) is 7.73. The quantitative estimate of drug-likeness (QED) is 0.725. The highest BCUT2D eigenvalue weighted by atomic mass is 35.5. The molecule has 0 radical (unpaired) electrons. The van der Waals surface area contributed by atoms with Gasteiger partial charge in [-0.15, -0.1) is 11.3 Å². The molecule has 1 N–H and O–H groups in total. The van der Waals surface area contributed by atoms with Gasteiger partial charge in [-0.2, -0.15) is 0 Å². The van der Waals surface area contributed by atoms with E-state index in [1.54, 1.807) is 35.6 Å². The fourth-order valence-electron chi connectivity index (χ4n) is 2.37. The van der Waals surface area contributed by atoms with E-state index in [0.717, 1.165) is 0 Å². The van der Waals surface area contributed by atoms with E-state index in [0.29, 0.717) is 17.1 Å². The molecule has 2 rings (SSSR count). The molecule has 0 saturated carbocycles. The van der Waals surface area contributed by atoms with Crippen molar-refractivity contribution in [2.45, 2.75) is 18.9 Å². The molecule has 1 unspecified atom stereocenters. The van der Waals surface area contributed by atoms with E-state index in [4.69, 9.17) is 11.6 Å². The van der Waals surface area contributed by atoms with Gasteiger partial charge in [0.25, 0.3) is 0 Å². The number of nitrogens with zero attached hydrogens (tertiary/aromatic N) is 1. The predicted molar refractivity (Wildman–Crippen MR) is 98.8 cm³/mol. The summed E-state index contributed by atoms with van der Waals surface area (Å²) in [5.41, 5.74) is 0.469. The number of amides is 1. The smallest absolute Gasteiger partial charge is 0.220 e. The van der Waals surface area contributed by atoms with Gasteiger partial charge in [0.2, 0.25) is 5.91 Å². The van der Waals surface area contributed by atoms with Crippen molar-refractivity contribution >= 4 is 34.6 Å². The zero-order chi connectivity index (χ0) is 17.5. The summed E-state index contributed by atoms with van der Waals surface area (Å²) in [6.45, 7) is 0.520. The van der Waals surface area contributed by atoms with Gasteiger partial charge in [-0.3, -0.25) is 9.59 Å². The fourth-order valence-corrected chi connectivity index (χ4v) is 3.53. The molecule has 1 amide bonds. The van der Waals surface area contributed by atoms with Crippen LogP contribution in [0.4, 0.5) is 0 Å². The van der Waals surface area contributed by atoms with Crippen LogP contribution in [0.1, 0.15) is 34.1 Å². The topological polar surface area (TPSA) is 49.4 Å². The first-order valence-corrected chi connectivity index (χ1v) is 8.99. The molecule has 0 aliphatic rings. The van der Waals surface area contributed by atoms with Crippen molar-refractivity contribution in [1.82, 2.24) is 10.2 Å². The minimum Gasteiger partial charge on any atom is -0.354 e. The van der Waals surface area contributed by atoms with Gasteiger partial charge in [-0.25, -0.2) is 0 Å². The van der Waals surface area contributed by atoms with E-state index in [-0.39, 0.29) is 30.6 Å². The summed E-state index contributed by atoms with van der Waals surface area (Å²) in [5, 5.41) is 5.36. The SMILES string of the molecule is CN(C)C(CNC(=O)CCC(=O)c1ccccc1Cl)c1cccs1. The molecule has 0 aliphatic heterocycles. The molecule has 0 aliphatic carbocycles. The number of nitrogens with one attached hydrogen (secondary N) is 1. The largest absolute Gasteiger partial charge is 0.354 e. The lowest BCUT2D eigenvalue weighted by Crippen LogP contribution is -2.34. The van der Waals surface area contributed by atoms with Crippen molar-refractivity contribution in [2.24, 2.45) is 0 Å². The number of halogens is 1. The Morgan fingerprint density at radius 2 is 1.92 bits per heavy atom. The van der Waals surface area contributed by atoms with Crippen LogP contribution in [0.3, 0.4) is 0 Å². The Morgan fingerprint density at radius 3 is 2.54 bits per heavy atom. The molecule has 0 bridgehead atoms. The predicted octanol–water partition coefficient (Wildman–Crippen LogP) is 3.78. The van der Waals surface area contributed by atoms with Crippen LogP contribution in [0.25, 0.3) is 0 Å². The first kappa shape index (κ1) is 18.6. The van der Waals surface area contributed by atoms with Gasteiger partial charge >= 0.3 is 0 Å². The minimum atomic E-state index is -0.126. The van der Waals surface area contributed by atoms with Gasteiger partial charge < -0.3 is 10.2 Å². The van der Waals surface area contributed by atoms with Crippen LogP contribution >= 0.6 is 22.9 Å². The Morgan fingerprint density at radius 1 is 1.17 bits per heavy atom. The van der Waals surface area contributed by atoms with Crippen molar-refractivity contribution in [3.63, 3.8) is 0 Å². The molecule has 2 aromatic rings. The maximum atomic E-state index is 12.1. The second kappa shape index (κ2) is 8.97. The summed E-state index contributed by atoms with van der Waals surface area (Å²) >= 11 is 7.67. The lowest BCUT2D eigenvalue weighted by Gasteiger charge is -2.23. The van der Waals surface area contributed by atoms with Crippen molar-refractivity contribution in [1.29, 1.82) is 0 Å². The third-order valence-corrected chi connectivity index (χ3v) is 5.04. The van der Waals surface area contributed by atoms with Gasteiger partial charge in [-0.1, -0.05) is 29.8 Å². The minimum absolute atomic E-state index is 0.113. The molecule has 0 saturated heterocycles. The molecule has 24 heavy (non-hydrogen) atoms. The number of thiophene rings is 1. The summed E-state index contributed by atoms with van der Waals surface area (Å²) in [6, 6.07) is 11.1. The molecule has 4 nitrogen and oxygen atoms in total. The summed E-state index contributed by atoms with van der Waals surface area (Å²) in [7, 11) is 3.97. The number of rotatable bonds is 8. The molecule has 1 atom stereocenters. The molecule has 6 heteroatoms. The monoisotopic (exact) mass is 364 g/mol. The van der Waals surface area contributed by atoms with Crippen LogP contribution in [0.2, 0.25) is 5.02 Å². The van der Waals surface area contributed by atoms with E-state index >= 15 is 0 Å². The summed E-state index contributed by atoms with van der Waals surface area (Å²) in [5.74, 6) is -0.239. The molecular weight excluding hydrogens is 344 g/mol. The highest BCUT2D eigenvalue weighted by molar-refractivity contribution is 7.10. The van der Waals surface area contributed by atoms with E-state index in [1.165, 1.54) is 4.88 Å². The Kier molecular flexibility index (Phi) is 6.97. The van der Waals surface area contributed by atoms with E-state index in [9.17, 15) is 9.59 Å². The molecule has 0 fully saturated rings. The Labute approximate surface area is 151 Å². The van der Waals surface area contributed by atoms with Crippen LogP contribution in [-0.2, 0) is 4.79 Å². The van der Waals surface area contributed by atoms with Gasteiger partial charge in [0.15, 0.2) is 5.78 Å². The zero-order valence-corrected chi connectivity index (χ0v) is 15.4. The number of hydrogen-bond donors (Lipinski definition) is 1. The summed E-state index contributed by atoms with van der Waals surface area (Å²) < 4.78 is 0. The van der Waals surface area contributed by atoms with Crippen LogP contribution < -0.4 is 5.32 Å². The van der Waals surface area contributed by atoms with Crippen molar-refractivity contribution in [3.8, 4) is 0 Å². The molecule has 1 heterocycles. The maximum Gasteiger partial charge on any atom is 0.220 e. The molecule has 1 aromatic carbocycles. The third kappa shape index (κ3) is 5.16. The summed E-state index contributed by atoms with van der Waals surface area (Å²) in [6.07, 6.45) is 0.315. The van der Waals surface area contributed by atoms with Crippen LogP contribution in [0.15, 0.2) is 41.8 Å². The average Bonchev–Trinajstić information content (AvgIpc) is 3.07. The molecule has 128 valence electrons. The molecule has 1 aromatic heterocycles. The Bertz CT molecular complexity index is 686. The highest BCUT2D eigenvalue weighted by Crippen LogP contribution is 2.22. The van der Waals surface area contributed by atoms with Crippen molar-refractivity contribution < 1.29 is 9.59 Å². The fraction of sp³-hybridized carbons (Fsp3) is 0.333. The van der Waals surface area contributed by atoms with Gasteiger partial charge in [0.05, 0.1) is 11.1 Å². The van der Waals surface area contributed by atoms with E-state index in [1.807, 2.05) is 25.5 Å². The van der Waals surface area contributed by atoms with Crippen molar-refractivity contribution in [3.05, 3.63) is 57.2 Å². The normalized spacial score (nSPS) is 12.2. The maximum absolute atomic E-state index is 12.1. The average molecular weight is 365 g/mol. The van der Waals surface area contributed by atoms with Gasteiger partial charge in [0, 0.05) is 29.8 Å². The Balaban J connectivity index is 1.83. The lowest BCUT2D eigenvalue weighted by atomic mass is 10.1. The van der Waals surface area contributed by atoms with Gasteiger partial charge in [0.1, 0.15) is 0 Å². The number of likely N-dealkylation sites (N-methyl/N-ethyl adjacent to an activating group) is 1. The number of hydrogen-bond acceptors (Lipinski definition) is 4. The lowest BCUT2D eigenvalue weighted by molar-refractivity contribution is -0.121. The highest BCUT2D eigenvalue weighted by Gasteiger charge is 2.17. The number of Topliss-reactive ketones (excluding diaryl/α,β-unsaturated/α-hetero) is 1. The van der Waals surface area contributed by atoms with Crippen LogP contribution in [0, 0.1) is 0 Å². The Hall–Kier alpha value is -1.69. The van der Waals surface area contributed by atoms with Crippen molar-refractivity contribution in [2.75, 3.05) is 20.6 Å². The third-order valence-electron chi connectivity index (χ3n) is 3.74. The van der Waals surface area contributed by atoms with Crippen LogP contribution in [-0.4, -0.2) is 37.2 Å². The van der Waals surface area contributed by atoms with Crippen LogP contribution in [0.5, 0.6) is 0 Å². The number of benzene rings is 1. The first-order chi connectivity index (χ1) is 11.5. The number of ketones is 1. The second-order valence-electron chi connectivity index (χ2n) is 5.70.